The molecule has 2 aromatic rings. The largest absolute Gasteiger partial charge is 0.351 e. The van der Waals surface area contributed by atoms with Gasteiger partial charge in [-0.3, -0.25) is 4.79 Å². The van der Waals surface area contributed by atoms with E-state index in [2.05, 4.69) is 34.3 Å². The van der Waals surface area contributed by atoms with Crippen molar-refractivity contribution in [1.29, 1.82) is 0 Å². The standard InChI is InChI=1S/C17H21N3OS/c1-4-15-14(11-19-17(20-15)22-3)16(21)18-10-12(2)13-8-6-5-7-9-13/h5-9,11-12H,4,10H2,1-3H3,(H,18,21)/t12-/m1/s1. The summed E-state index contributed by atoms with van der Waals surface area (Å²) in [6.45, 7) is 4.69. The maximum Gasteiger partial charge on any atom is 0.254 e. The van der Waals surface area contributed by atoms with Crippen LogP contribution in [-0.4, -0.2) is 28.7 Å². The van der Waals surface area contributed by atoms with E-state index >= 15 is 0 Å². The highest BCUT2D eigenvalue weighted by Gasteiger charge is 2.14. The second-order valence-corrected chi connectivity index (χ2v) is 5.87. The second kappa shape index (κ2) is 7.94. The Hall–Kier alpha value is -1.88. The number of hydrogen-bond acceptors (Lipinski definition) is 4. The maximum atomic E-state index is 12.4. The van der Waals surface area contributed by atoms with Crippen LogP contribution in [-0.2, 0) is 6.42 Å². The van der Waals surface area contributed by atoms with Gasteiger partial charge in [-0.1, -0.05) is 55.9 Å². The number of aryl methyl sites for hydroxylation is 1. The molecule has 0 unspecified atom stereocenters. The highest BCUT2D eigenvalue weighted by molar-refractivity contribution is 7.98. The van der Waals surface area contributed by atoms with Crippen molar-refractivity contribution < 1.29 is 4.79 Å². The minimum Gasteiger partial charge on any atom is -0.351 e. The van der Waals surface area contributed by atoms with Gasteiger partial charge in [0.1, 0.15) is 0 Å². The van der Waals surface area contributed by atoms with Crippen LogP contribution in [0.15, 0.2) is 41.7 Å². The van der Waals surface area contributed by atoms with Crippen LogP contribution in [0.4, 0.5) is 0 Å². The molecule has 1 aromatic carbocycles. The molecule has 0 aliphatic rings. The zero-order valence-electron chi connectivity index (χ0n) is 13.2. The molecule has 1 N–H and O–H groups in total. The summed E-state index contributed by atoms with van der Waals surface area (Å²) in [7, 11) is 0. The summed E-state index contributed by atoms with van der Waals surface area (Å²) in [5, 5.41) is 3.68. The second-order valence-electron chi connectivity index (χ2n) is 5.09. The molecule has 0 bridgehead atoms. The van der Waals surface area contributed by atoms with Gasteiger partial charge >= 0.3 is 0 Å². The molecule has 2 rings (SSSR count). The van der Waals surface area contributed by atoms with Crippen molar-refractivity contribution in [3.8, 4) is 0 Å². The summed E-state index contributed by atoms with van der Waals surface area (Å²) >= 11 is 1.48. The molecule has 0 aliphatic heterocycles. The number of thioether (sulfide) groups is 1. The Balaban J connectivity index is 2.03. The van der Waals surface area contributed by atoms with Crippen LogP contribution < -0.4 is 5.32 Å². The van der Waals surface area contributed by atoms with E-state index in [1.165, 1.54) is 17.3 Å². The first-order valence-corrected chi connectivity index (χ1v) is 8.61. The van der Waals surface area contributed by atoms with Crippen molar-refractivity contribution in [2.45, 2.75) is 31.3 Å². The van der Waals surface area contributed by atoms with Gasteiger partial charge in [-0.15, -0.1) is 0 Å². The van der Waals surface area contributed by atoms with E-state index < -0.39 is 0 Å². The van der Waals surface area contributed by atoms with Gasteiger partial charge in [0.15, 0.2) is 5.16 Å². The number of nitrogens with one attached hydrogen (secondary N) is 1. The van der Waals surface area contributed by atoms with E-state index in [1.54, 1.807) is 6.20 Å². The van der Waals surface area contributed by atoms with Gasteiger partial charge in [-0.05, 0) is 24.2 Å². The zero-order chi connectivity index (χ0) is 15.9. The Morgan fingerprint density at radius 2 is 2.05 bits per heavy atom. The SMILES string of the molecule is CCc1nc(SC)ncc1C(=O)NC[C@@H](C)c1ccccc1. The number of carbonyl (C=O) groups excluding carboxylic acids is 1. The van der Waals surface area contributed by atoms with Crippen molar-refractivity contribution in [2.75, 3.05) is 12.8 Å². The molecular weight excluding hydrogens is 294 g/mol. The molecule has 4 nitrogen and oxygen atoms in total. The Bertz CT molecular complexity index is 631. The van der Waals surface area contributed by atoms with E-state index in [-0.39, 0.29) is 11.8 Å². The fraction of sp³-hybridized carbons (Fsp3) is 0.353. The Morgan fingerprint density at radius 1 is 1.32 bits per heavy atom. The van der Waals surface area contributed by atoms with E-state index in [0.717, 1.165) is 5.69 Å². The van der Waals surface area contributed by atoms with Crippen LogP contribution in [0.3, 0.4) is 0 Å². The van der Waals surface area contributed by atoms with Gasteiger partial charge in [0.2, 0.25) is 0 Å². The fourth-order valence-electron chi connectivity index (χ4n) is 2.20. The van der Waals surface area contributed by atoms with Gasteiger partial charge < -0.3 is 5.32 Å². The third-order valence-electron chi connectivity index (χ3n) is 3.55. The molecule has 1 heterocycles. The molecular formula is C17H21N3OS. The predicted octanol–water partition coefficient (Wildman–Crippen LogP) is 3.29. The van der Waals surface area contributed by atoms with Gasteiger partial charge in [-0.2, -0.15) is 0 Å². The van der Waals surface area contributed by atoms with Crippen LogP contribution >= 0.6 is 11.8 Å². The number of hydrogen-bond donors (Lipinski definition) is 1. The topological polar surface area (TPSA) is 54.9 Å². The third-order valence-corrected chi connectivity index (χ3v) is 4.11. The van der Waals surface area contributed by atoms with E-state index in [9.17, 15) is 4.79 Å². The molecule has 0 radical (unpaired) electrons. The highest BCUT2D eigenvalue weighted by atomic mass is 32.2. The van der Waals surface area contributed by atoms with Crippen molar-refractivity contribution in [3.05, 3.63) is 53.3 Å². The molecule has 0 aliphatic carbocycles. The van der Waals surface area contributed by atoms with Crippen LogP contribution in [0, 0.1) is 0 Å². The lowest BCUT2D eigenvalue weighted by molar-refractivity contribution is 0.0949. The summed E-state index contributed by atoms with van der Waals surface area (Å²) in [5.41, 5.74) is 2.58. The molecule has 22 heavy (non-hydrogen) atoms. The zero-order valence-corrected chi connectivity index (χ0v) is 14.0. The molecule has 1 amide bonds. The van der Waals surface area contributed by atoms with E-state index in [1.807, 2.05) is 31.4 Å². The number of benzene rings is 1. The van der Waals surface area contributed by atoms with Crippen molar-refractivity contribution in [3.63, 3.8) is 0 Å². The lowest BCUT2D eigenvalue weighted by Crippen LogP contribution is -2.28. The third kappa shape index (κ3) is 4.07. The van der Waals surface area contributed by atoms with Crippen molar-refractivity contribution in [1.82, 2.24) is 15.3 Å². The smallest absolute Gasteiger partial charge is 0.254 e. The van der Waals surface area contributed by atoms with Crippen molar-refractivity contribution >= 4 is 17.7 Å². The lowest BCUT2D eigenvalue weighted by Gasteiger charge is -2.14. The number of amides is 1. The minimum atomic E-state index is -0.104. The lowest BCUT2D eigenvalue weighted by atomic mass is 10.0. The first-order valence-electron chi connectivity index (χ1n) is 7.38. The van der Waals surface area contributed by atoms with Gasteiger partial charge in [0, 0.05) is 12.7 Å². The fourth-order valence-corrected chi connectivity index (χ4v) is 2.56. The van der Waals surface area contributed by atoms with Crippen LogP contribution in [0.1, 0.15) is 41.4 Å². The number of carbonyl (C=O) groups is 1. The summed E-state index contributed by atoms with van der Waals surface area (Å²) in [6, 6.07) is 10.2. The molecule has 0 fully saturated rings. The molecule has 0 spiro atoms. The monoisotopic (exact) mass is 315 g/mol. The molecule has 0 saturated heterocycles. The summed E-state index contributed by atoms with van der Waals surface area (Å²) < 4.78 is 0. The molecule has 1 atom stereocenters. The van der Waals surface area contributed by atoms with Gasteiger partial charge in [0.25, 0.3) is 5.91 Å². The highest BCUT2D eigenvalue weighted by Crippen LogP contribution is 2.15. The summed E-state index contributed by atoms with van der Waals surface area (Å²) in [5.74, 6) is 0.161. The van der Waals surface area contributed by atoms with Crippen molar-refractivity contribution in [2.24, 2.45) is 0 Å². The predicted molar refractivity (Wildman–Crippen MR) is 90.4 cm³/mol. The molecule has 0 saturated carbocycles. The van der Waals surface area contributed by atoms with Gasteiger partial charge in [0.05, 0.1) is 11.3 Å². The Kier molecular flexibility index (Phi) is 5.95. The summed E-state index contributed by atoms with van der Waals surface area (Å²) in [4.78, 5) is 21.0. The van der Waals surface area contributed by atoms with Crippen LogP contribution in [0.25, 0.3) is 0 Å². The Labute approximate surface area is 135 Å². The molecule has 116 valence electrons. The molecule has 5 heteroatoms. The number of rotatable bonds is 6. The average molecular weight is 315 g/mol. The minimum absolute atomic E-state index is 0.104. The number of nitrogens with zero attached hydrogens (tertiary/aromatic N) is 2. The summed E-state index contributed by atoms with van der Waals surface area (Å²) in [6.07, 6.45) is 4.27. The van der Waals surface area contributed by atoms with Gasteiger partial charge in [-0.25, -0.2) is 9.97 Å². The first-order chi connectivity index (χ1) is 10.7. The van der Waals surface area contributed by atoms with Crippen LogP contribution in [0.2, 0.25) is 0 Å². The first kappa shape index (κ1) is 16.5. The normalized spacial score (nSPS) is 12.0. The maximum absolute atomic E-state index is 12.4. The average Bonchev–Trinajstić information content (AvgIpc) is 2.59. The van der Waals surface area contributed by atoms with Crippen LogP contribution in [0.5, 0.6) is 0 Å². The quantitative estimate of drug-likeness (QED) is 0.656. The Morgan fingerprint density at radius 3 is 2.68 bits per heavy atom. The molecule has 1 aromatic heterocycles. The van der Waals surface area contributed by atoms with E-state index in [4.69, 9.17) is 0 Å². The van der Waals surface area contributed by atoms with E-state index in [0.29, 0.717) is 23.7 Å². The number of aromatic nitrogens is 2.